The van der Waals surface area contributed by atoms with Gasteiger partial charge in [-0.25, -0.2) is 0 Å². The standard InChI is InChI=1S/C15H20N2/c1-9-2-3-13(17-9)8-16-15-12-5-10-4-11(7-12)14(15)6-10/h2-3,8,10-12,14-15,17H,4-7H2,1H3. The summed E-state index contributed by atoms with van der Waals surface area (Å²) in [5.74, 6) is 3.91. The number of hydrogen-bond acceptors (Lipinski definition) is 1. The molecule has 0 radical (unpaired) electrons. The van der Waals surface area contributed by atoms with Crippen LogP contribution in [0.3, 0.4) is 0 Å². The summed E-state index contributed by atoms with van der Waals surface area (Å²) in [7, 11) is 0. The minimum Gasteiger partial charge on any atom is -0.358 e. The molecule has 1 N–H and O–H groups in total. The molecule has 4 fully saturated rings. The number of aromatic amines is 1. The second-order valence-electron chi connectivity index (χ2n) is 6.36. The fourth-order valence-corrected chi connectivity index (χ4v) is 4.70. The van der Waals surface area contributed by atoms with E-state index < -0.39 is 0 Å². The van der Waals surface area contributed by atoms with Gasteiger partial charge in [0.2, 0.25) is 0 Å². The number of hydrogen-bond donors (Lipinski definition) is 1. The van der Waals surface area contributed by atoms with Crippen LogP contribution in [0, 0.1) is 30.6 Å². The first-order valence-electron chi connectivity index (χ1n) is 6.98. The zero-order valence-electron chi connectivity index (χ0n) is 10.4. The van der Waals surface area contributed by atoms with Gasteiger partial charge in [-0.15, -0.1) is 0 Å². The Kier molecular flexibility index (Phi) is 2.03. The van der Waals surface area contributed by atoms with Gasteiger partial charge in [-0.05, 0) is 68.4 Å². The predicted octanol–water partition coefficient (Wildman–Crippen LogP) is 3.18. The minimum atomic E-state index is 0.641. The summed E-state index contributed by atoms with van der Waals surface area (Å²) in [5, 5.41) is 0. The van der Waals surface area contributed by atoms with E-state index in [9.17, 15) is 0 Å². The highest BCUT2D eigenvalue weighted by Gasteiger charge is 2.53. The summed E-state index contributed by atoms with van der Waals surface area (Å²) < 4.78 is 0. The second-order valence-corrected chi connectivity index (χ2v) is 6.36. The van der Waals surface area contributed by atoms with Crippen molar-refractivity contribution in [1.82, 2.24) is 4.98 Å². The molecule has 90 valence electrons. The topological polar surface area (TPSA) is 28.1 Å². The first kappa shape index (κ1) is 9.93. The van der Waals surface area contributed by atoms with Crippen LogP contribution in [0.15, 0.2) is 17.1 Å². The summed E-state index contributed by atoms with van der Waals surface area (Å²) in [4.78, 5) is 8.25. The van der Waals surface area contributed by atoms with Crippen molar-refractivity contribution in [3.8, 4) is 0 Å². The molecule has 1 heterocycles. The molecule has 5 unspecified atom stereocenters. The smallest absolute Gasteiger partial charge is 0.0563 e. The highest BCUT2D eigenvalue weighted by molar-refractivity contribution is 5.77. The van der Waals surface area contributed by atoms with Crippen LogP contribution in [0.1, 0.15) is 37.1 Å². The Morgan fingerprint density at radius 1 is 1.18 bits per heavy atom. The Balaban J connectivity index is 1.55. The fraction of sp³-hybridized carbons (Fsp3) is 0.667. The average molecular weight is 228 g/mol. The summed E-state index contributed by atoms with van der Waals surface area (Å²) in [5.41, 5.74) is 2.39. The van der Waals surface area contributed by atoms with E-state index in [-0.39, 0.29) is 0 Å². The molecule has 5 atom stereocenters. The minimum absolute atomic E-state index is 0.641. The van der Waals surface area contributed by atoms with E-state index >= 15 is 0 Å². The van der Waals surface area contributed by atoms with Crippen LogP contribution in [0.5, 0.6) is 0 Å². The molecule has 4 aliphatic rings. The van der Waals surface area contributed by atoms with Gasteiger partial charge in [-0.3, -0.25) is 4.99 Å². The largest absolute Gasteiger partial charge is 0.358 e. The van der Waals surface area contributed by atoms with E-state index in [4.69, 9.17) is 4.99 Å². The first-order valence-corrected chi connectivity index (χ1v) is 6.98. The van der Waals surface area contributed by atoms with E-state index in [1.165, 1.54) is 37.1 Å². The third-order valence-electron chi connectivity index (χ3n) is 5.25. The molecular formula is C15H20N2. The molecule has 2 nitrogen and oxygen atoms in total. The predicted molar refractivity (Wildman–Crippen MR) is 69.3 cm³/mol. The van der Waals surface area contributed by atoms with Gasteiger partial charge in [-0.2, -0.15) is 0 Å². The molecule has 0 spiro atoms. The molecule has 5 rings (SSSR count). The van der Waals surface area contributed by atoms with Crippen molar-refractivity contribution < 1.29 is 0 Å². The van der Waals surface area contributed by atoms with Crippen molar-refractivity contribution in [2.75, 3.05) is 0 Å². The lowest BCUT2D eigenvalue weighted by atomic mass is 9.79. The van der Waals surface area contributed by atoms with Crippen molar-refractivity contribution in [3.63, 3.8) is 0 Å². The first-order chi connectivity index (χ1) is 8.29. The van der Waals surface area contributed by atoms with Crippen LogP contribution in [-0.4, -0.2) is 17.2 Å². The molecule has 1 aromatic heterocycles. The van der Waals surface area contributed by atoms with E-state index in [0.29, 0.717) is 6.04 Å². The maximum Gasteiger partial charge on any atom is 0.0563 e. The summed E-state index contributed by atoms with van der Waals surface area (Å²) >= 11 is 0. The quantitative estimate of drug-likeness (QED) is 0.753. The molecule has 4 bridgehead atoms. The summed E-state index contributed by atoms with van der Waals surface area (Å²) in [6.07, 6.45) is 7.97. The van der Waals surface area contributed by atoms with E-state index in [1.807, 2.05) is 0 Å². The number of H-pyrrole nitrogens is 1. The molecule has 0 saturated heterocycles. The van der Waals surface area contributed by atoms with Crippen molar-refractivity contribution in [3.05, 3.63) is 23.5 Å². The van der Waals surface area contributed by atoms with Gasteiger partial charge in [0.25, 0.3) is 0 Å². The Labute approximate surface area is 103 Å². The van der Waals surface area contributed by atoms with Crippen LogP contribution < -0.4 is 0 Å². The fourth-order valence-electron chi connectivity index (χ4n) is 4.70. The number of nitrogens with zero attached hydrogens (tertiary/aromatic N) is 1. The van der Waals surface area contributed by atoms with E-state index in [2.05, 4.69) is 30.3 Å². The van der Waals surface area contributed by atoms with Crippen LogP contribution >= 0.6 is 0 Å². The molecule has 4 saturated carbocycles. The number of nitrogens with one attached hydrogen (secondary N) is 1. The zero-order valence-corrected chi connectivity index (χ0v) is 10.4. The van der Waals surface area contributed by atoms with Crippen LogP contribution in [0.4, 0.5) is 0 Å². The summed E-state index contributed by atoms with van der Waals surface area (Å²) in [6.45, 7) is 2.09. The van der Waals surface area contributed by atoms with Gasteiger partial charge < -0.3 is 4.98 Å². The maximum absolute atomic E-state index is 4.91. The van der Waals surface area contributed by atoms with E-state index in [1.54, 1.807) is 0 Å². The van der Waals surface area contributed by atoms with Crippen LogP contribution in [0.25, 0.3) is 0 Å². The van der Waals surface area contributed by atoms with Crippen LogP contribution in [-0.2, 0) is 0 Å². The number of aryl methyl sites for hydroxylation is 1. The maximum atomic E-state index is 4.91. The number of aliphatic imine (C=N–C) groups is 1. The lowest BCUT2D eigenvalue weighted by Gasteiger charge is -2.29. The highest BCUT2D eigenvalue weighted by atomic mass is 14.9. The molecule has 2 heteroatoms. The lowest BCUT2D eigenvalue weighted by Crippen LogP contribution is -2.26. The van der Waals surface area contributed by atoms with Gasteiger partial charge in [0, 0.05) is 11.9 Å². The molecule has 0 aliphatic heterocycles. The van der Waals surface area contributed by atoms with Gasteiger partial charge in [0.05, 0.1) is 11.7 Å². The van der Waals surface area contributed by atoms with Crippen LogP contribution in [0.2, 0.25) is 0 Å². The van der Waals surface area contributed by atoms with Gasteiger partial charge in [-0.1, -0.05) is 0 Å². The molecule has 0 aromatic carbocycles. The third-order valence-corrected chi connectivity index (χ3v) is 5.25. The number of aromatic nitrogens is 1. The zero-order chi connectivity index (χ0) is 11.4. The molecule has 1 aromatic rings. The van der Waals surface area contributed by atoms with Gasteiger partial charge in [0.1, 0.15) is 0 Å². The summed E-state index contributed by atoms with van der Waals surface area (Å²) in [6, 6.07) is 4.89. The Bertz CT molecular complexity index is 455. The second kappa shape index (κ2) is 3.47. The molecule has 17 heavy (non-hydrogen) atoms. The Hall–Kier alpha value is -1.05. The monoisotopic (exact) mass is 228 g/mol. The average Bonchev–Trinajstić information content (AvgIpc) is 2.90. The normalized spacial score (nSPS) is 43.0. The number of rotatable bonds is 2. The molecular weight excluding hydrogens is 208 g/mol. The molecule has 0 amide bonds. The van der Waals surface area contributed by atoms with Crippen molar-refractivity contribution >= 4 is 6.21 Å². The third kappa shape index (κ3) is 1.50. The highest BCUT2D eigenvalue weighted by Crippen LogP contribution is 2.59. The van der Waals surface area contributed by atoms with Crippen molar-refractivity contribution in [1.29, 1.82) is 0 Å². The van der Waals surface area contributed by atoms with E-state index in [0.717, 1.165) is 23.7 Å². The van der Waals surface area contributed by atoms with Crippen molar-refractivity contribution in [2.24, 2.45) is 28.7 Å². The van der Waals surface area contributed by atoms with Crippen molar-refractivity contribution in [2.45, 2.75) is 38.6 Å². The lowest BCUT2D eigenvalue weighted by molar-refractivity contribution is 0.252. The Morgan fingerprint density at radius 3 is 2.82 bits per heavy atom. The SMILES string of the molecule is Cc1ccc(C=NC2C3CC4CC(C3)C2C4)[nH]1. The Morgan fingerprint density at radius 2 is 2.06 bits per heavy atom. The molecule has 4 aliphatic carbocycles. The van der Waals surface area contributed by atoms with Gasteiger partial charge in [0.15, 0.2) is 0 Å². The van der Waals surface area contributed by atoms with Gasteiger partial charge >= 0.3 is 0 Å².